The average Bonchev–Trinajstić information content (AvgIpc) is 2.97. The summed E-state index contributed by atoms with van der Waals surface area (Å²) in [6.45, 7) is 4.17. The van der Waals surface area contributed by atoms with Crippen LogP contribution in [-0.4, -0.2) is 36.3 Å². The number of ether oxygens (including phenoxy) is 1. The number of nitrogens with zero attached hydrogens (tertiary/aromatic N) is 2. The molecule has 1 aromatic heterocycles. The molecule has 0 radical (unpaired) electrons. The standard InChI is InChI=1S/C17H20Cl2N2O4S/c1-4-21(5-2)26(23,24)14-9-16(20(3)10-14)17(22)25-11-12-6-7-13(18)8-15(12)19/h6-10H,4-5,11H2,1-3H3. The van der Waals surface area contributed by atoms with Gasteiger partial charge in [0.2, 0.25) is 10.0 Å². The lowest BCUT2D eigenvalue weighted by Gasteiger charge is -2.17. The molecule has 0 saturated carbocycles. The summed E-state index contributed by atoms with van der Waals surface area (Å²) in [5, 5.41) is 0.876. The van der Waals surface area contributed by atoms with E-state index >= 15 is 0 Å². The Hall–Kier alpha value is -1.54. The van der Waals surface area contributed by atoms with Gasteiger partial charge in [0.1, 0.15) is 17.2 Å². The summed E-state index contributed by atoms with van der Waals surface area (Å²) >= 11 is 11.9. The second kappa shape index (κ2) is 8.43. The van der Waals surface area contributed by atoms with Crippen LogP contribution in [0.15, 0.2) is 35.4 Å². The van der Waals surface area contributed by atoms with E-state index in [2.05, 4.69) is 0 Å². The molecule has 26 heavy (non-hydrogen) atoms. The third kappa shape index (κ3) is 4.40. The second-order valence-corrected chi connectivity index (χ2v) is 8.35. The maximum Gasteiger partial charge on any atom is 0.355 e. The van der Waals surface area contributed by atoms with Crippen molar-refractivity contribution in [1.82, 2.24) is 8.87 Å². The summed E-state index contributed by atoms with van der Waals surface area (Å²) in [7, 11) is -2.06. The smallest absolute Gasteiger partial charge is 0.355 e. The largest absolute Gasteiger partial charge is 0.456 e. The minimum absolute atomic E-state index is 0.0435. The summed E-state index contributed by atoms with van der Waals surface area (Å²) in [6, 6.07) is 6.19. The molecule has 2 aromatic rings. The molecular formula is C17H20Cl2N2O4S. The van der Waals surface area contributed by atoms with Crippen LogP contribution in [-0.2, 0) is 28.4 Å². The Morgan fingerprint density at radius 1 is 1.19 bits per heavy atom. The van der Waals surface area contributed by atoms with Crippen LogP contribution >= 0.6 is 23.2 Å². The summed E-state index contributed by atoms with van der Waals surface area (Å²) in [6.07, 6.45) is 1.40. The minimum Gasteiger partial charge on any atom is -0.456 e. The van der Waals surface area contributed by atoms with Gasteiger partial charge in [-0.25, -0.2) is 13.2 Å². The fourth-order valence-electron chi connectivity index (χ4n) is 2.45. The normalized spacial score (nSPS) is 11.8. The van der Waals surface area contributed by atoms with Crippen LogP contribution in [0, 0.1) is 0 Å². The Morgan fingerprint density at radius 2 is 1.85 bits per heavy atom. The summed E-state index contributed by atoms with van der Waals surface area (Å²) in [5.41, 5.74) is 0.746. The van der Waals surface area contributed by atoms with Crippen molar-refractivity contribution in [3.8, 4) is 0 Å². The van der Waals surface area contributed by atoms with E-state index in [9.17, 15) is 13.2 Å². The Labute approximate surface area is 163 Å². The van der Waals surface area contributed by atoms with Crippen molar-refractivity contribution in [1.29, 1.82) is 0 Å². The van der Waals surface area contributed by atoms with Crippen LogP contribution in [0.5, 0.6) is 0 Å². The number of halogens is 2. The van der Waals surface area contributed by atoms with Gasteiger partial charge in [0.25, 0.3) is 0 Å². The molecule has 0 atom stereocenters. The highest BCUT2D eigenvalue weighted by Crippen LogP contribution is 2.23. The highest BCUT2D eigenvalue weighted by Gasteiger charge is 2.25. The molecule has 6 nitrogen and oxygen atoms in total. The van der Waals surface area contributed by atoms with E-state index in [4.69, 9.17) is 27.9 Å². The lowest BCUT2D eigenvalue weighted by atomic mass is 10.2. The zero-order valence-corrected chi connectivity index (χ0v) is 17.0. The Morgan fingerprint density at radius 3 is 2.42 bits per heavy atom. The topological polar surface area (TPSA) is 68.6 Å². The van der Waals surface area contributed by atoms with Crippen LogP contribution in [0.2, 0.25) is 10.0 Å². The van der Waals surface area contributed by atoms with Gasteiger partial charge in [0.05, 0.1) is 0 Å². The van der Waals surface area contributed by atoms with Crippen LogP contribution in [0.1, 0.15) is 29.9 Å². The van der Waals surface area contributed by atoms with Crippen molar-refractivity contribution in [3.63, 3.8) is 0 Å². The molecule has 0 spiro atoms. The van der Waals surface area contributed by atoms with Crippen molar-refractivity contribution in [2.24, 2.45) is 7.05 Å². The highest BCUT2D eigenvalue weighted by atomic mass is 35.5. The molecule has 0 aliphatic rings. The average molecular weight is 419 g/mol. The van der Waals surface area contributed by atoms with Gasteiger partial charge in [-0.05, 0) is 18.2 Å². The van der Waals surface area contributed by atoms with Gasteiger partial charge in [0.15, 0.2) is 0 Å². The van der Waals surface area contributed by atoms with Crippen LogP contribution in [0.4, 0.5) is 0 Å². The maximum absolute atomic E-state index is 12.6. The quantitative estimate of drug-likeness (QED) is 0.642. The molecule has 0 unspecified atom stereocenters. The van der Waals surface area contributed by atoms with E-state index in [1.54, 1.807) is 39.1 Å². The number of sulfonamides is 1. The monoisotopic (exact) mass is 418 g/mol. The SMILES string of the molecule is CCN(CC)S(=O)(=O)c1cc(C(=O)OCc2ccc(Cl)cc2Cl)n(C)c1. The number of esters is 1. The van der Waals surface area contributed by atoms with Crippen LogP contribution < -0.4 is 0 Å². The van der Waals surface area contributed by atoms with Crippen LogP contribution in [0.3, 0.4) is 0 Å². The van der Waals surface area contributed by atoms with Gasteiger partial charge in [-0.3, -0.25) is 0 Å². The van der Waals surface area contributed by atoms with E-state index in [1.165, 1.54) is 21.1 Å². The fourth-order valence-corrected chi connectivity index (χ4v) is 4.44. The first kappa shape index (κ1) is 20.8. The highest BCUT2D eigenvalue weighted by molar-refractivity contribution is 7.89. The van der Waals surface area contributed by atoms with E-state index in [1.807, 2.05) is 0 Å². The first-order valence-electron chi connectivity index (χ1n) is 7.98. The fraction of sp³-hybridized carbons (Fsp3) is 0.353. The maximum atomic E-state index is 12.6. The number of hydrogen-bond donors (Lipinski definition) is 0. The van der Waals surface area contributed by atoms with Crippen molar-refractivity contribution >= 4 is 39.2 Å². The number of carbonyl (C=O) groups excluding carboxylic acids is 1. The van der Waals surface area contributed by atoms with Gasteiger partial charge in [-0.15, -0.1) is 0 Å². The Kier molecular flexibility index (Phi) is 6.74. The van der Waals surface area contributed by atoms with E-state index < -0.39 is 16.0 Å². The minimum atomic E-state index is -3.65. The lowest BCUT2D eigenvalue weighted by molar-refractivity contribution is 0.0461. The zero-order valence-electron chi connectivity index (χ0n) is 14.7. The molecule has 1 heterocycles. The van der Waals surface area contributed by atoms with Gasteiger partial charge in [0, 0.05) is 41.9 Å². The summed E-state index contributed by atoms with van der Waals surface area (Å²) < 4.78 is 33.2. The molecule has 142 valence electrons. The third-order valence-electron chi connectivity index (χ3n) is 3.91. The van der Waals surface area contributed by atoms with Gasteiger partial charge >= 0.3 is 5.97 Å². The van der Waals surface area contributed by atoms with Gasteiger partial charge in [-0.2, -0.15) is 4.31 Å². The molecule has 1 aromatic carbocycles. The number of aromatic nitrogens is 1. The van der Waals surface area contributed by atoms with E-state index in [0.717, 1.165) is 0 Å². The molecular weight excluding hydrogens is 399 g/mol. The van der Waals surface area contributed by atoms with Crippen LogP contribution in [0.25, 0.3) is 0 Å². The number of benzene rings is 1. The number of hydrogen-bond acceptors (Lipinski definition) is 4. The molecule has 2 rings (SSSR count). The molecule has 0 saturated heterocycles. The zero-order chi connectivity index (χ0) is 19.5. The molecule has 0 fully saturated rings. The predicted molar refractivity (Wildman–Crippen MR) is 101 cm³/mol. The summed E-state index contributed by atoms with van der Waals surface area (Å²) in [5.74, 6) is -0.639. The third-order valence-corrected chi connectivity index (χ3v) is 6.51. The number of carbonyl (C=O) groups is 1. The molecule has 0 amide bonds. The van der Waals surface area contributed by atoms with Gasteiger partial charge < -0.3 is 9.30 Å². The second-order valence-electron chi connectivity index (χ2n) is 5.57. The molecule has 0 aliphatic carbocycles. The number of rotatable bonds is 7. The van der Waals surface area contributed by atoms with E-state index in [-0.39, 0.29) is 17.2 Å². The first-order chi connectivity index (χ1) is 12.2. The molecule has 0 aliphatic heterocycles. The lowest BCUT2D eigenvalue weighted by Crippen LogP contribution is -2.30. The molecule has 0 N–H and O–H groups in total. The Balaban J connectivity index is 2.19. The van der Waals surface area contributed by atoms with E-state index in [0.29, 0.717) is 28.7 Å². The molecule has 0 bridgehead atoms. The summed E-state index contributed by atoms with van der Waals surface area (Å²) in [4.78, 5) is 12.4. The Bertz CT molecular complexity index is 905. The first-order valence-corrected chi connectivity index (χ1v) is 10.2. The molecule has 9 heteroatoms. The van der Waals surface area contributed by atoms with Crippen molar-refractivity contribution in [2.45, 2.75) is 25.3 Å². The van der Waals surface area contributed by atoms with Gasteiger partial charge in [-0.1, -0.05) is 43.1 Å². The van der Waals surface area contributed by atoms with Crippen molar-refractivity contribution in [2.75, 3.05) is 13.1 Å². The predicted octanol–water partition coefficient (Wildman–Crippen LogP) is 3.72. The van der Waals surface area contributed by atoms with Crippen molar-refractivity contribution < 1.29 is 17.9 Å². The number of aryl methyl sites for hydroxylation is 1. The van der Waals surface area contributed by atoms with Crippen molar-refractivity contribution in [3.05, 3.63) is 51.8 Å².